The van der Waals surface area contributed by atoms with E-state index in [2.05, 4.69) is 5.10 Å². The Balaban J connectivity index is 2.42. The van der Waals surface area contributed by atoms with Gasteiger partial charge in [0.25, 0.3) is 0 Å². The van der Waals surface area contributed by atoms with Gasteiger partial charge < -0.3 is 15.2 Å². The SMILES string of the molecule is CCOC(=O)CSCCn1ncc(C(=O)OCC)c1N. The van der Waals surface area contributed by atoms with Crippen LogP contribution in [0.4, 0.5) is 5.82 Å². The van der Waals surface area contributed by atoms with Gasteiger partial charge in [0.15, 0.2) is 0 Å². The Labute approximate surface area is 121 Å². The third-order valence-corrected chi connectivity index (χ3v) is 3.26. The molecule has 0 amide bonds. The summed E-state index contributed by atoms with van der Waals surface area (Å²) in [4.78, 5) is 22.7. The molecule has 0 bridgehead atoms. The van der Waals surface area contributed by atoms with E-state index in [1.54, 1.807) is 13.8 Å². The molecule has 0 saturated carbocycles. The van der Waals surface area contributed by atoms with Crippen LogP contribution in [0.5, 0.6) is 0 Å². The molecule has 8 heteroatoms. The van der Waals surface area contributed by atoms with Gasteiger partial charge in [-0.3, -0.25) is 4.79 Å². The molecule has 0 aliphatic carbocycles. The van der Waals surface area contributed by atoms with Gasteiger partial charge in [0.1, 0.15) is 11.4 Å². The van der Waals surface area contributed by atoms with Crippen molar-refractivity contribution in [2.45, 2.75) is 20.4 Å². The molecule has 1 aromatic rings. The molecule has 0 unspecified atom stereocenters. The minimum absolute atomic E-state index is 0.238. The molecule has 0 saturated heterocycles. The van der Waals surface area contributed by atoms with Crippen molar-refractivity contribution < 1.29 is 19.1 Å². The molecule has 0 aliphatic heterocycles. The van der Waals surface area contributed by atoms with Crippen molar-refractivity contribution in [3.8, 4) is 0 Å². The predicted molar refractivity (Wildman–Crippen MR) is 76.6 cm³/mol. The molecule has 7 nitrogen and oxygen atoms in total. The minimum atomic E-state index is -0.476. The van der Waals surface area contributed by atoms with Crippen molar-refractivity contribution in [2.24, 2.45) is 0 Å². The molecular formula is C12H19N3O4S. The van der Waals surface area contributed by atoms with E-state index in [1.807, 2.05) is 0 Å². The predicted octanol–water partition coefficient (Wildman–Crippen LogP) is 0.938. The van der Waals surface area contributed by atoms with Gasteiger partial charge in [0.2, 0.25) is 0 Å². The molecule has 0 spiro atoms. The highest BCUT2D eigenvalue weighted by atomic mass is 32.2. The molecule has 1 heterocycles. The highest BCUT2D eigenvalue weighted by molar-refractivity contribution is 7.99. The van der Waals surface area contributed by atoms with Crippen LogP contribution in [0.15, 0.2) is 6.20 Å². The number of ether oxygens (including phenoxy) is 2. The smallest absolute Gasteiger partial charge is 0.343 e. The molecule has 1 rings (SSSR count). The van der Waals surface area contributed by atoms with Crippen LogP contribution in [0, 0.1) is 0 Å². The van der Waals surface area contributed by atoms with E-state index in [9.17, 15) is 9.59 Å². The van der Waals surface area contributed by atoms with Gasteiger partial charge in [-0.25, -0.2) is 9.48 Å². The molecular weight excluding hydrogens is 282 g/mol. The Hall–Kier alpha value is -1.70. The third-order valence-electron chi connectivity index (χ3n) is 2.35. The van der Waals surface area contributed by atoms with Gasteiger partial charge in [0.05, 0.1) is 31.7 Å². The lowest BCUT2D eigenvalue weighted by molar-refractivity contribution is -0.139. The minimum Gasteiger partial charge on any atom is -0.465 e. The van der Waals surface area contributed by atoms with Gasteiger partial charge >= 0.3 is 11.9 Å². The van der Waals surface area contributed by atoms with E-state index in [0.717, 1.165) is 0 Å². The largest absolute Gasteiger partial charge is 0.465 e. The van der Waals surface area contributed by atoms with Crippen LogP contribution >= 0.6 is 11.8 Å². The van der Waals surface area contributed by atoms with Crippen LogP contribution < -0.4 is 5.73 Å². The lowest BCUT2D eigenvalue weighted by Crippen LogP contribution is -2.12. The Morgan fingerprint density at radius 2 is 2.05 bits per heavy atom. The van der Waals surface area contributed by atoms with Crippen molar-refractivity contribution in [3.05, 3.63) is 11.8 Å². The monoisotopic (exact) mass is 301 g/mol. The molecule has 0 atom stereocenters. The number of anilines is 1. The second-order valence-electron chi connectivity index (χ2n) is 3.74. The van der Waals surface area contributed by atoms with Crippen molar-refractivity contribution >= 4 is 29.5 Å². The number of hydrogen-bond acceptors (Lipinski definition) is 7. The van der Waals surface area contributed by atoms with E-state index in [4.69, 9.17) is 15.2 Å². The van der Waals surface area contributed by atoms with Crippen LogP contribution in [-0.4, -0.2) is 46.4 Å². The number of aromatic nitrogens is 2. The maximum atomic E-state index is 11.5. The first kappa shape index (κ1) is 16.4. The Morgan fingerprint density at radius 1 is 1.35 bits per heavy atom. The summed E-state index contributed by atoms with van der Waals surface area (Å²) in [6, 6.07) is 0. The second-order valence-corrected chi connectivity index (χ2v) is 4.85. The summed E-state index contributed by atoms with van der Waals surface area (Å²) in [5.74, 6) is 0.501. The Kier molecular flexibility index (Phi) is 6.92. The van der Waals surface area contributed by atoms with Crippen molar-refractivity contribution in [2.75, 3.05) is 30.5 Å². The van der Waals surface area contributed by atoms with Crippen LogP contribution in [0.25, 0.3) is 0 Å². The number of aryl methyl sites for hydroxylation is 1. The number of carbonyl (C=O) groups excluding carboxylic acids is 2. The zero-order chi connectivity index (χ0) is 15.0. The fourth-order valence-corrected chi connectivity index (χ4v) is 2.14. The van der Waals surface area contributed by atoms with E-state index in [0.29, 0.717) is 31.3 Å². The maximum Gasteiger partial charge on any atom is 0.343 e. The molecule has 0 aliphatic rings. The molecule has 0 fully saturated rings. The zero-order valence-electron chi connectivity index (χ0n) is 11.6. The van der Waals surface area contributed by atoms with Crippen LogP contribution in [0.1, 0.15) is 24.2 Å². The van der Waals surface area contributed by atoms with Crippen LogP contribution in [0.3, 0.4) is 0 Å². The van der Waals surface area contributed by atoms with E-state index >= 15 is 0 Å². The maximum absolute atomic E-state index is 11.5. The van der Waals surface area contributed by atoms with Crippen molar-refractivity contribution in [1.82, 2.24) is 9.78 Å². The number of nitrogens with two attached hydrogens (primary N) is 1. The molecule has 112 valence electrons. The van der Waals surface area contributed by atoms with Gasteiger partial charge in [-0.05, 0) is 13.8 Å². The Bertz CT molecular complexity index is 462. The van der Waals surface area contributed by atoms with Crippen molar-refractivity contribution in [3.63, 3.8) is 0 Å². The van der Waals surface area contributed by atoms with E-state index in [1.165, 1.54) is 22.6 Å². The number of thioether (sulfide) groups is 1. The van der Waals surface area contributed by atoms with Crippen LogP contribution in [0.2, 0.25) is 0 Å². The highest BCUT2D eigenvalue weighted by Gasteiger charge is 2.15. The van der Waals surface area contributed by atoms with E-state index < -0.39 is 5.97 Å². The van der Waals surface area contributed by atoms with Gasteiger partial charge in [-0.15, -0.1) is 11.8 Å². The van der Waals surface area contributed by atoms with Gasteiger partial charge in [-0.2, -0.15) is 5.10 Å². The molecule has 0 aromatic carbocycles. The third kappa shape index (κ3) is 4.76. The fourth-order valence-electron chi connectivity index (χ4n) is 1.45. The molecule has 0 radical (unpaired) electrons. The average Bonchev–Trinajstić information content (AvgIpc) is 2.77. The zero-order valence-corrected chi connectivity index (χ0v) is 12.4. The van der Waals surface area contributed by atoms with Gasteiger partial charge in [-0.1, -0.05) is 0 Å². The number of nitrogens with zero attached hydrogens (tertiary/aromatic N) is 2. The average molecular weight is 301 g/mol. The summed E-state index contributed by atoms with van der Waals surface area (Å²) in [7, 11) is 0. The second kappa shape index (κ2) is 8.47. The lowest BCUT2D eigenvalue weighted by atomic mass is 10.3. The summed E-state index contributed by atoms with van der Waals surface area (Å²) < 4.78 is 11.2. The molecule has 2 N–H and O–H groups in total. The first-order chi connectivity index (χ1) is 9.60. The number of nitrogen functional groups attached to an aromatic ring is 1. The number of hydrogen-bond donors (Lipinski definition) is 1. The summed E-state index contributed by atoms with van der Waals surface area (Å²) in [5.41, 5.74) is 6.09. The topological polar surface area (TPSA) is 96.4 Å². The highest BCUT2D eigenvalue weighted by Crippen LogP contribution is 2.13. The molecule has 20 heavy (non-hydrogen) atoms. The lowest BCUT2D eigenvalue weighted by Gasteiger charge is -2.05. The molecule has 1 aromatic heterocycles. The van der Waals surface area contributed by atoms with Crippen molar-refractivity contribution in [1.29, 1.82) is 0 Å². The first-order valence-corrected chi connectivity index (χ1v) is 7.47. The fraction of sp³-hybridized carbons (Fsp3) is 0.583. The number of carbonyl (C=O) groups is 2. The number of esters is 2. The Morgan fingerprint density at radius 3 is 2.70 bits per heavy atom. The van der Waals surface area contributed by atoms with Crippen LogP contribution in [-0.2, 0) is 20.8 Å². The van der Waals surface area contributed by atoms with Gasteiger partial charge in [0, 0.05) is 5.75 Å². The van der Waals surface area contributed by atoms with E-state index in [-0.39, 0.29) is 17.4 Å². The normalized spacial score (nSPS) is 10.3. The quantitative estimate of drug-likeness (QED) is 0.563. The standard InChI is InChI=1S/C12H19N3O4S/c1-3-18-10(16)8-20-6-5-15-11(13)9(7-14-15)12(17)19-4-2/h7H,3-6,8,13H2,1-2H3. The first-order valence-electron chi connectivity index (χ1n) is 6.31. The number of rotatable bonds is 8. The summed E-state index contributed by atoms with van der Waals surface area (Å²) in [6.07, 6.45) is 1.39. The summed E-state index contributed by atoms with van der Waals surface area (Å²) in [5, 5.41) is 4.03. The summed E-state index contributed by atoms with van der Waals surface area (Å²) >= 11 is 1.43. The summed E-state index contributed by atoms with van der Waals surface area (Å²) in [6.45, 7) is 4.68.